The molecule has 0 unspecified atom stereocenters. The van der Waals surface area contributed by atoms with Crippen LogP contribution in [-0.2, 0) is 6.42 Å². The van der Waals surface area contributed by atoms with Gasteiger partial charge in [0, 0.05) is 31.6 Å². The Bertz CT molecular complexity index is 411. The monoisotopic (exact) mass is 219 g/mol. The molecule has 0 aliphatic heterocycles. The molecule has 1 N–H and O–H groups in total. The van der Waals surface area contributed by atoms with Gasteiger partial charge in [-0.25, -0.2) is 4.98 Å². The first-order valence-electron chi connectivity index (χ1n) is 4.90. The lowest BCUT2D eigenvalue weighted by molar-refractivity contribution is 0.787. The van der Waals surface area contributed by atoms with Crippen molar-refractivity contribution in [1.82, 2.24) is 15.3 Å². The highest BCUT2D eigenvalue weighted by Gasteiger charge is 2.03. The van der Waals surface area contributed by atoms with E-state index in [4.69, 9.17) is 0 Å². The van der Waals surface area contributed by atoms with Gasteiger partial charge < -0.3 is 5.32 Å². The van der Waals surface area contributed by atoms with Crippen LogP contribution >= 0.6 is 11.3 Å². The van der Waals surface area contributed by atoms with Gasteiger partial charge in [0.15, 0.2) is 0 Å². The number of hydrogen-bond donors (Lipinski definition) is 1. The van der Waals surface area contributed by atoms with E-state index in [9.17, 15) is 0 Å². The maximum atomic E-state index is 4.39. The predicted molar refractivity (Wildman–Crippen MR) is 63.0 cm³/mol. The van der Waals surface area contributed by atoms with E-state index < -0.39 is 0 Å². The summed E-state index contributed by atoms with van der Waals surface area (Å²) in [6.45, 7) is 0.975. The molecule has 78 valence electrons. The molecule has 0 aliphatic rings. The second-order valence-electron chi connectivity index (χ2n) is 3.21. The van der Waals surface area contributed by atoms with Crippen molar-refractivity contribution in [2.75, 3.05) is 13.6 Å². The second-order valence-corrected chi connectivity index (χ2v) is 4.32. The first kappa shape index (κ1) is 10.3. The number of nitrogens with zero attached hydrogens (tertiary/aromatic N) is 2. The molecule has 2 heterocycles. The lowest BCUT2D eigenvalue weighted by Gasteiger charge is -1.94. The van der Waals surface area contributed by atoms with Crippen LogP contribution in [0.5, 0.6) is 0 Å². The SMILES string of the molecule is CNCCc1ncc(-c2ccncc2)s1. The molecule has 2 aromatic rings. The fourth-order valence-electron chi connectivity index (χ4n) is 1.31. The van der Waals surface area contributed by atoms with Crippen LogP contribution in [0.25, 0.3) is 10.4 Å². The van der Waals surface area contributed by atoms with E-state index >= 15 is 0 Å². The van der Waals surface area contributed by atoms with E-state index in [1.165, 1.54) is 15.4 Å². The third-order valence-electron chi connectivity index (χ3n) is 2.11. The van der Waals surface area contributed by atoms with E-state index in [0.717, 1.165) is 13.0 Å². The summed E-state index contributed by atoms with van der Waals surface area (Å²) in [5.74, 6) is 0. The molecule has 2 rings (SSSR count). The van der Waals surface area contributed by atoms with Crippen molar-refractivity contribution in [3.8, 4) is 10.4 Å². The summed E-state index contributed by atoms with van der Waals surface area (Å²) >= 11 is 1.75. The number of pyridine rings is 1. The van der Waals surface area contributed by atoms with Gasteiger partial charge in [-0.3, -0.25) is 4.98 Å². The number of hydrogen-bond acceptors (Lipinski definition) is 4. The summed E-state index contributed by atoms with van der Waals surface area (Å²) in [6, 6.07) is 4.02. The summed E-state index contributed by atoms with van der Waals surface area (Å²) in [7, 11) is 1.96. The van der Waals surface area contributed by atoms with Crippen molar-refractivity contribution in [3.05, 3.63) is 35.7 Å². The van der Waals surface area contributed by atoms with E-state index in [-0.39, 0.29) is 0 Å². The third-order valence-corrected chi connectivity index (χ3v) is 3.21. The van der Waals surface area contributed by atoms with Gasteiger partial charge in [0.05, 0.1) is 9.88 Å². The molecule has 0 fully saturated rings. The minimum absolute atomic E-state index is 0.975. The highest BCUT2D eigenvalue weighted by molar-refractivity contribution is 7.15. The summed E-state index contributed by atoms with van der Waals surface area (Å²) < 4.78 is 0. The van der Waals surface area contributed by atoms with Crippen LogP contribution in [0.4, 0.5) is 0 Å². The molecule has 4 heteroatoms. The Labute approximate surface area is 93.2 Å². The summed E-state index contributed by atoms with van der Waals surface area (Å²) in [5, 5.41) is 4.30. The lowest BCUT2D eigenvalue weighted by atomic mass is 10.2. The number of rotatable bonds is 4. The molecule has 0 saturated heterocycles. The standard InChI is InChI=1S/C11H13N3S/c1-12-5-4-11-14-8-10(15-11)9-2-6-13-7-3-9/h2-3,6-8,12H,4-5H2,1H3. The third kappa shape index (κ3) is 2.61. The molecule has 0 bridgehead atoms. The first-order chi connectivity index (χ1) is 7.40. The van der Waals surface area contributed by atoms with Gasteiger partial charge in [-0.1, -0.05) is 0 Å². The van der Waals surface area contributed by atoms with Gasteiger partial charge >= 0.3 is 0 Å². The zero-order valence-electron chi connectivity index (χ0n) is 8.60. The maximum absolute atomic E-state index is 4.39. The number of aromatic nitrogens is 2. The molecule has 0 radical (unpaired) electrons. The smallest absolute Gasteiger partial charge is 0.0943 e. The molecule has 0 aromatic carbocycles. The average Bonchev–Trinajstić information content (AvgIpc) is 2.76. The molecule has 2 aromatic heterocycles. The molecule has 0 aliphatic carbocycles. The summed E-state index contributed by atoms with van der Waals surface area (Å²) in [6.07, 6.45) is 6.54. The molecular formula is C11H13N3S. The summed E-state index contributed by atoms with van der Waals surface area (Å²) in [5.41, 5.74) is 1.19. The van der Waals surface area contributed by atoms with Gasteiger partial charge in [0.25, 0.3) is 0 Å². The van der Waals surface area contributed by atoms with Gasteiger partial charge in [-0.15, -0.1) is 11.3 Å². The van der Waals surface area contributed by atoms with Crippen LogP contribution < -0.4 is 5.32 Å². The Hall–Kier alpha value is -1.26. The molecule has 15 heavy (non-hydrogen) atoms. The lowest BCUT2D eigenvalue weighted by Crippen LogP contribution is -2.09. The highest BCUT2D eigenvalue weighted by atomic mass is 32.1. The molecule has 0 amide bonds. The molecule has 0 atom stereocenters. The number of likely N-dealkylation sites (N-methyl/N-ethyl adjacent to an activating group) is 1. The zero-order chi connectivity index (χ0) is 10.5. The van der Waals surface area contributed by atoms with Crippen molar-refractivity contribution in [2.24, 2.45) is 0 Å². The van der Waals surface area contributed by atoms with E-state index in [0.29, 0.717) is 0 Å². The Morgan fingerprint density at radius 3 is 2.87 bits per heavy atom. The summed E-state index contributed by atoms with van der Waals surface area (Å²) in [4.78, 5) is 9.60. The Morgan fingerprint density at radius 1 is 1.33 bits per heavy atom. The average molecular weight is 219 g/mol. The molecule has 0 spiro atoms. The van der Waals surface area contributed by atoms with Crippen molar-refractivity contribution in [2.45, 2.75) is 6.42 Å². The number of thiazole rings is 1. The fourth-order valence-corrected chi connectivity index (χ4v) is 2.23. The largest absolute Gasteiger partial charge is 0.319 e. The Balaban J connectivity index is 2.14. The van der Waals surface area contributed by atoms with E-state index in [1.54, 1.807) is 11.3 Å². The minimum atomic E-state index is 0.975. The fraction of sp³-hybridized carbons (Fsp3) is 0.273. The van der Waals surface area contributed by atoms with Crippen molar-refractivity contribution < 1.29 is 0 Å². The van der Waals surface area contributed by atoms with E-state index in [2.05, 4.69) is 15.3 Å². The normalized spacial score (nSPS) is 10.5. The van der Waals surface area contributed by atoms with Crippen LogP contribution in [0.2, 0.25) is 0 Å². The van der Waals surface area contributed by atoms with Crippen molar-refractivity contribution in [3.63, 3.8) is 0 Å². The molecular weight excluding hydrogens is 206 g/mol. The molecule has 0 saturated carbocycles. The topological polar surface area (TPSA) is 37.8 Å². The predicted octanol–water partition coefficient (Wildman–Crippen LogP) is 1.97. The van der Waals surface area contributed by atoms with Crippen LogP contribution in [0.3, 0.4) is 0 Å². The molecule has 3 nitrogen and oxygen atoms in total. The number of nitrogens with one attached hydrogen (secondary N) is 1. The van der Waals surface area contributed by atoms with Gasteiger partial charge in [-0.05, 0) is 24.7 Å². The second kappa shape index (κ2) is 5.00. The van der Waals surface area contributed by atoms with Crippen LogP contribution in [-0.4, -0.2) is 23.6 Å². The van der Waals surface area contributed by atoms with Crippen LogP contribution in [0.15, 0.2) is 30.7 Å². The maximum Gasteiger partial charge on any atom is 0.0943 e. The first-order valence-corrected chi connectivity index (χ1v) is 5.71. The Morgan fingerprint density at radius 2 is 2.13 bits per heavy atom. The van der Waals surface area contributed by atoms with E-state index in [1.807, 2.05) is 37.8 Å². The van der Waals surface area contributed by atoms with Gasteiger partial charge in [0.2, 0.25) is 0 Å². The van der Waals surface area contributed by atoms with Crippen molar-refractivity contribution >= 4 is 11.3 Å². The van der Waals surface area contributed by atoms with Gasteiger partial charge in [0.1, 0.15) is 0 Å². The Kier molecular flexibility index (Phi) is 3.42. The zero-order valence-corrected chi connectivity index (χ0v) is 9.42. The van der Waals surface area contributed by atoms with Crippen molar-refractivity contribution in [1.29, 1.82) is 0 Å². The minimum Gasteiger partial charge on any atom is -0.319 e. The van der Waals surface area contributed by atoms with Crippen LogP contribution in [0.1, 0.15) is 5.01 Å². The van der Waals surface area contributed by atoms with Gasteiger partial charge in [-0.2, -0.15) is 0 Å². The van der Waals surface area contributed by atoms with Crippen LogP contribution in [0, 0.1) is 0 Å². The highest BCUT2D eigenvalue weighted by Crippen LogP contribution is 2.25. The quantitative estimate of drug-likeness (QED) is 0.854.